The normalized spacial score (nSPS) is 24.6. The third kappa shape index (κ3) is 3.42. The van der Waals surface area contributed by atoms with Gasteiger partial charge in [-0.25, -0.2) is 9.97 Å². The van der Waals surface area contributed by atoms with Crippen LogP contribution in [0.15, 0.2) is 36.7 Å². The monoisotopic (exact) mass is 380 g/mol. The van der Waals surface area contributed by atoms with Crippen LogP contribution in [0.25, 0.3) is 0 Å². The summed E-state index contributed by atoms with van der Waals surface area (Å²) < 4.78 is 0. The summed E-state index contributed by atoms with van der Waals surface area (Å²) in [7, 11) is 0. The van der Waals surface area contributed by atoms with Crippen LogP contribution in [0, 0.1) is 5.92 Å². The molecular formula is C21H28N6O. The van der Waals surface area contributed by atoms with Gasteiger partial charge < -0.3 is 20.4 Å². The maximum Gasteiger partial charge on any atom is 0.224 e. The lowest BCUT2D eigenvalue weighted by Crippen LogP contribution is -2.48. The quantitative estimate of drug-likeness (QED) is 0.852. The van der Waals surface area contributed by atoms with Crippen molar-refractivity contribution in [2.75, 3.05) is 41.3 Å². The van der Waals surface area contributed by atoms with Crippen LogP contribution >= 0.6 is 0 Å². The second-order valence-corrected chi connectivity index (χ2v) is 7.66. The molecule has 0 radical (unpaired) electrons. The van der Waals surface area contributed by atoms with Crippen molar-refractivity contribution in [3.8, 4) is 0 Å². The Labute approximate surface area is 166 Å². The topological polar surface area (TPSA) is 73.4 Å². The van der Waals surface area contributed by atoms with Crippen LogP contribution in [-0.2, 0) is 4.79 Å². The Balaban J connectivity index is 1.76. The number of amides is 1. The van der Waals surface area contributed by atoms with Crippen molar-refractivity contribution in [1.82, 2.24) is 15.3 Å². The maximum atomic E-state index is 12.4. The molecule has 148 valence electrons. The summed E-state index contributed by atoms with van der Waals surface area (Å²) in [5.41, 5.74) is 3.31. The number of hydrogen-bond donors (Lipinski definition) is 2. The van der Waals surface area contributed by atoms with E-state index in [0.717, 1.165) is 37.4 Å². The van der Waals surface area contributed by atoms with Gasteiger partial charge in [-0.1, -0.05) is 6.92 Å². The highest BCUT2D eigenvalue weighted by molar-refractivity contribution is 5.94. The van der Waals surface area contributed by atoms with E-state index >= 15 is 0 Å². The summed E-state index contributed by atoms with van der Waals surface area (Å²) in [4.78, 5) is 25.5. The molecule has 0 aliphatic carbocycles. The molecule has 2 N–H and O–H groups in total. The predicted molar refractivity (Wildman–Crippen MR) is 112 cm³/mol. The molecule has 1 saturated heterocycles. The smallest absolute Gasteiger partial charge is 0.224 e. The zero-order valence-corrected chi connectivity index (χ0v) is 16.7. The number of benzene rings is 1. The third-order valence-electron chi connectivity index (χ3n) is 5.97. The fourth-order valence-corrected chi connectivity index (χ4v) is 4.32. The van der Waals surface area contributed by atoms with Crippen LogP contribution in [0.2, 0.25) is 0 Å². The molecule has 2 aliphatic rings. The molecule has 0 spiro atoms. The summed E-state index contributed by atoms with van der Waals surface area (Å²) in [5, 5.41) is 6.92. The largest absolute Gasteiger partial charge is 0.369 e. The van der Waals surface area contributed by atoms with Crippen LogP contribution in [-0.4, -0.2) is 48.1 Å². The van der Waals surface area contributed by atoms with Crippen LogP contribution in [0.5, 0.6) is 0 Å². The van der Waals surface area contributed by atoms with Gasteiger partial charge in [0.1, 0.15) is 0 Å². The average Bonchev–Trinajstić information content (AvgIpc) is 2.72. The van der Waals surface area contributed by atoms with E-state index in [2.05, 4.69) is 57.5 Å². The first-order chi connectivity index (χ1) is 13.6. The van der Waals surface area contributed by atoms with Gasteiger partial charge in [0, 0.05) is 74.4 Å². The molecule has 28 heavy (non-hydrogen) atoms. The molecule has 3 heterocycles. The zero-order valence-electron chi connectivity index (χ0n) is 16.7. The van der Waals surface area contributed by atoms with E-state index in [9.17, 15) is 4.79 Å². The van der Waals surface area contributed by atoms with E-state index in [1.165, 1.54) is 5.69 Å². The third-order valence-corrected chi connectivity index (χ3v) is 5.97. The van der Waals surface area contributed by atoms with Crippen molar-refractivity contribution in [2.45, 2.75) is 32.9 Å². The summed E-state index contributed by atoms with van der Waals surface area (Å²) in [6, 6.07) is 8.39. The summed E-state index contributed by atoms with van der Waals surface area (Å²) >= 11 is 0. The minimum Gasteiger partial charge on any atom is -0.369 e. The van der Waals surface area contributed by atoms with Gasteiger partial charge in [0.05, 0.1) is 6.04 Å². The number of nitrogens with one attached hydrogen (secondary N) is 2. The summed E-state index contributed by atoms with van der Waals surface area (Å²) in [6.45, 7) is 9.89. The molecule has 2 aromatic rings. The van der Waals surface area contributed by atoms with E-state index in [1.807, 2.05) is 11.0 Å². The van der Waals surface area contributed by atoms with Gasteiger partial charge in [0.2, 0.25) is 11.9 Å². The second kappa shape index (κ2) is 7.75. The summed E-state index contributed by atoms with van der Waals surface area (Å²) in [5.74, 6) is 0.893. The Bertz CT molecular complexity index is 836. The van der Waals surface area contributed by atoms with Crippen molar-refractivity contribution in [2.24, 2.45) is 5.92 Å². The number of rotatable bonds is 3. The number of anilines is 3. The fourth-order valence-electron chi connectivity index (χ4n) is 4.32. The molecular weight excluding hydrogens is 352 g/mol. The van der Waals surface area contributed by atoms with E-state index in [-0.39, 0.29) is 23.9 Å². The van der Waals surface area contributed by atoms with Crippen LogP contribution in [0.4, 0.5) is 17.3 Å². The highest BCUT2D eigenvalue weighted by atomic mass is 16.2. The molecule has 1 fully saturated rings. The number of nitrogens with zero attached hydrogens (tertiary/aromatic N) is 4. The lowest BCUT2D eigenvalue weighted by molar-refractivity contribution is -0.117. The van der Waals surface area contributed by atoms with Crippen LogP contribution < -0.4 is 20.4 Å². The Morgan fingerprint density at radius 3 is 2.57 bits per heavy atom. The molecule has 0 bridgehead atoms. The van der Waals surface area contributed by atoms with Gasteiger partial charge in [-0.3, -0.25) is 4.79 Å². The second-order valence-electron chi connectivity index (χ2n) is 7.66. The Hall–Kier alpha value is -2.67. The number of fused-ring (bicyclic) bond motifs is 1. The molecule has 3 atom stereocenters. The average molecular weight is 380 g/mol. The molecule has 0 saturated carbocycles. The predicted octanol–water partition coefficient (Wildman–Crippen LogP) is 2.43. The van der Waals surface area contributed by atoms with E-state index in [0.29, 0.717) is 5.95 Å². The summed E-state index contributed by atoms with van der Waals surface area (Å²) in [6.07, 6.45) is 3.48. The number of hydrogen-bond acceptors (Lipinski definition) is 6. The van der Waals surface area contributed by atoms with E-state index < -0.39 is 0 Å². The van der Waals surface area contributed by atoms with Gasteiger partial charge in [0.15, 0.2) is 0 Å². The molecule has 2 aliphatic heterocycles. The van der Waals surface area contributed by atoms with Gasteiger partial charge in [0.25, 0.3) is 0 Å². The Morgan fingerprint density at radius 1 is 1.18 bits per heavy atom. The van der Waals surface area contributed by atoms with Crippen molar-refractivity contribution in [3.63, 3.8) is 0 Å². The van der Waals surface area contributed by atoms with Gasteiger partial charge >= 0.3 is 0 Å². The molecule has 1 aromatic heterocycles. The van der Waals surface area contributed by atoms with Gasteiger partial charge in [-0.05, 0) is 31.2 Å². The minimum atomic E-state index is 0.0332. The highest BCUT2D eigenvalue weighted by Gasteiger charge is 2.38. The highest BCUT2D eigenvalue weighted by Crippen LogP contribution is 2.43. The first-order valence-corrected chi connectivity index (χ1v) is 9.99. The van der Waals surface area contributed by atoms with E-state index in [1.54, 1.807) is 19.3 Å². The Morgan fingerprint density at radius 2 is 1.89 bits per heavy atom. The first kappa shape index (κ1) is 18.7. The molecule has 4 rings (SSSR count). The number of piperazine rings is 1. The fraction of sp³-hybridized carbons (Fsp3) is 0.476. The van der Waals surface area contributed by atoms with Crippen LogP contribution in [0.3, 0.4) is 0 Å². The molecule has 1 amide bonds. The van der Waals surface area contributed by atoms with Crippen molar-refractivity contribution < 1.29 is 4.79 Å². The van der Waals surface area contributed by atoms with Gasteiger partial charge in [-0.15, -0.1) is 0 Å². The number of carbonyl (C=O) groups is 1. The first-order valence-electron chi connectivity index (χ1n) is 9.99. The molecule has 0 unspecified atom stereocenters. The maximum absolute atomic E-state index is 12.4. The zero-order chi connectivity index (χ0) is 19.7. The van der Waals surface area contributed by atoms with Crippen molar-refractivity contribution in [3.05, 3.63) is 42.2 Å². The number of carbonyl (C=O) groups excluding carboxylic acids is 1. The van der Waals surface area contributed by atoms with Crippen LogP contribution in [0.1, 0.15) is 32.4 Å². The Kier molecular flexibility index (Phi) is 5.17. The lowest BCUT2D eigenvalue weighted by atomic mass is 9.82. The molecule has 1 aromatic carbocycles. The molecule has 7 nitrogen and oxygen atoms in total. The lowest BCUT2D eigenvalue weighted by Gasteiger charge is -2.44. The number of aromatic nitrogens is 2. The minimum absolute atomic E-state index is 0.0332. The van der Waals surface area contributed by atoms with Crippen molar-refractivity contribution >= 4 is 23.2 Å². The standard InChI is InChI=1S/C21H28N6O/c1-14-15(2)27(16(3)28)19-6-5-17(26-11-9-22-10-12-26)13-18(19)20(14)25-21-23-7-4-8-24-21/h4-8,13-15,20,22H,9-12H2,1-3H3,(H,23,24,25)/t14-,15-,20+/m0/s1. The van der Waals surface area contributed by atoms with E-state index in [4.69, 9.17) is 0 Å². The van der Waals surface area contributed by atoms with Crippen molar-refractivity contribution in [1.29, 1.82) is 0 Å². The molecule has 7 heteroatoms. The van der Waals surface area contributed by atoms with Gasteiger partial charge in [-0.2, -0.15) is 0 Å². The SMILES string of the molecule is CC(=O)N1c2ccc(N3CCNCC3)cc2[C@H](Nc2ncccn2)[C@@H](C)[C@@H]1C.